The van der Waals surface area contributed by atoms with Crippen molar-refractivity contribution in [3.63, 3.8) is 0 Å². The second-order valence-corrected chi connectivity index (χ2v) is 3.38. The predicted molar refractivity (Wildman–Crippen MR) is 55.2 cm³/mol. The number of methoxy groups -OCH3 is 1. The Morgan fingerprint density at radius 2 is 2.15 bits per heavy atom. The molecule has 0 aliphatic carbocycles. The molecule has 1 atom stereocenters. The minimum atomic E-state index is 0.0348. The highest BCUT2D eigenvalue weighted by Crippen LogP contribution is 2.24. The Labute approximate surface area is 83.6 Å². The van der Waals surface area contributed by atoms with Crippen LogP contribution in [0.3, 0.4) is 0 Å². The summed E-state index contributed by atoms with van der Waals surface area (Å²) in [6.45, 7) is 2.04. The van der Waals surface area contributed by atoms with Crippen molar-refractivity contribution in [3.05, 3.63) is 28.8 Å². The van der Waals surface area contributed by atoms with Crippen molar-refractivity contribution < 1.29 is 4.74 Å². The monoisotopic (exact) mass is 199 g/mol. The summed E-state index contributed by atoms with van der Waals surface area (Å²) in [5, 5.41) is 0.665. The van der Waals surface area contributed by atoms with Gasteiger partial charge < -0.3 is 10.5 Å². The fourth-order valence-corrected chi connectivity index (χ4v) is 1.39. The standard InChI is InChI=1S/C10H14ClNO/c1-3-10(12)7-4-8(11)6-9(5-7)13-2/h4-6,10H,3,12H2,1-2H3/t10-/m0/s1. The van der Waals surface area contributed by atoms with E-state index in [9.17, 15) is 0 Å². The first-order valence-corrected chi connectivity index (χ1v) is 4.65. The molecule has 1 aromatic rings. The van der Waals surface area contributed by atoms with E-state index in [-0.39, 0.29) is 6.04 Å². The third-order valence-electron chi connectivity index (χ3n) is 2.00. The van der Waals surface area contributed by atoms with Crippen LogP contribution >= 0.6 is 11.6 Å². The molecule has 0 bridgehead atoms. The normalized spacial score (nSPS) is 12.6. The van der Waals surface area contributed by atoms with Gasteiger partial charge in [-0.3, -0.25) is 0 Å². The summed E-state index contributed by atoms with van der Waals surface area (Å²) >= 11 is 5.89. The largest absolute Gasteiger partial charge is 0.497 e. The number of ether oxygens (including phenoxy) is 1. The van der Waals surface area contributed by atoms with E-state index >= 15 is 0 Å². The fourth-order valence-electron chi connectivity index (χ4n) is 1.15. The Balaban J connectivity index is 3.01. The number of hydrogen-bond acceptors (Lipinski definition) is 2. The molecular weight excluding hydrogens is 186 g/mol. The average Bonchev–Trinajstić information content (AvgIpc) is 2.15. The summed E-state index contributed by atoms with van der Waals surface area (Å²) in [4.78, 5) is 0. The third-order valence-corrected chi connectivity index (χ3v) is 2.22. The molecule has 0 unspecified atom stereocenters. The molecule has 13 heavy (non-hydrogen) atoms. The minimum Gasteiger partial charge on any atom is -0.497 e. The van der Waals surface area contributed by atoms with Crippen LogP contribution in [0.25, 0.3) is 0 Å². The fraction of sp³-hybridized carbons (Fsp3) is 0.400. The zero-order chi connectivity index (χ0) is 9.84. The van der Waals surface area contributed by atoms with E-state index in [2.05, 4.69) is 0 Å². The maximum Gasteiger partial charge on any atom is 0.120 e. The number of nitrogens with two attached hydrogens (primary N) is 1. The second kappa shape index (κ2) is 4.49. The van der Waals surface area contributed by atoms with Crippen molar-refractivity contribution in [3.8, 4) is 5.75 Å². The summed E-state index contributed by atoms with van der Waals surface area (Å²) in [5.74, 6) is 0.756. The molecule has 2 nitrogen and oxygen atoms in total. The first-order valence-electron chi connectivity index (χ1n) is 4.27. The van der Waals surface area contributed by atoms with Gasteiger partial charge in [0.2, 0.25) is 0 Å². The van der Waals surface area contributed by atoms with E-state index in [1.807, 2.05) is 19.1 Å². The minimum absolute atomic E-state index is 0.0348. The van der Waals surface area contributed by atoms with Crippen LogP contribution in [0, 0.1) is 0 Å². The molecule has 2 N–H and O–H groups in total. The van der Waals surface area contributed by atoms with Gasteiger partial charge >= 0.3 is 0 Å². The molecular formula is C10H14ClNO. The van der Waals surface area contributed by atoms with Gasteiger partial charge in [0.25, 0.3) is 0 Å². The van der Waals surface area contributed by atoms with Gasteiger partial charge in [0.15, 0.2) is 0 Å². The van der Waals surface area contributed by atoms with Gasteiger partial charge in [0.05, 0.1) is 7.11 Å². The van der Waals surface area contributed by atoms with Crippen molar-refractivity contribution >= 4 is 11.6 Å². The molecule has 0 spiro atoms. The van der Waals surface area contributed by atoms with Crippen LogP contribution < -0.4 is 10.5 Å². The van der Waals surface area contributed by atoms with E-state index in [4.69, 9.17) is 22.1 Å². The second-order valence-electron chi connectivity index (χ2n) is 2.94. The van der Waals surface area contributed by atoms with Crippen molar-refractivity contribution in [2.75, 3.05) is 7.11 Å². The van der Waals surface area contributed by atoms with Gasteiger partial charge in [-0.05, 0) is 30.2 Å². The Morgan fingerprint density at radius 1 is 1.46 bits per heavy atom. The van der Waals surface area contributed by atoms with Crippen LogP contribution in [0.4, 0.5) is 0 Å². The maximum absolute atomic E-state index is 5.89. The average molecular weight is 200 g/mol. The molecule has 3 heteroatoms. The van der Waals surface area contributed by atoms with Gasteiger partial charge in [0.1, 0.15) is 5.75 Å². The Hall–Kier alpha value is -0.730. The molecule has 0 amide bonds. The maximum atomic E-state index is 5.89. The summed E-state index contributed by atoms with van der Waals surface area (Å²) in [6.07, 6.45) is 0.892. The van der Waals surface area contributed by atoms with Crippen molar-refractivity contribution in [2.45, 2.75) is 19.4 Å². The quantitative estimate of drug-likeness (QED) is 0.813. The zero-order valence-electron chi connectivity index (χ0n) is 7.88. The lowest BCUT2D eigenvalue weighted by molar-refractivity contribution is 0.413. The Morgan fingerprint density at radius 3 is 2.69 bits per heavy atom. The van der Waals surface area contributed by atoms with Gasteiger partial charge in [-0.15, -0.1) is 0 Å². The number of rotatable bonds is 3. The van der Waals surface area contributed by atoms with Crippen LogP contribution in [0.1, 0.15) is 24.9 Å². The zero-order valence-corrected chi connectivity index (χ0v) is 8.64. The van der Waals surface area contributed by atoms with Crippen molar-refractivity contribution in [1.29, 1.82) is 0 Å². The molecule has 0 fully saturated rings. The van der Waals surface area contributed by atoms with Gasteiger partial charge in [-0.25, -0.2) is 0 Å². The molecule has 0 aromatic heterocycles. The first-order chi connectivity index (χ1) is 6.17. The number of hydrogen-bond donors (Lipinski definition) is 1. The number of halogens is 1. The first kappa shape index (κ1) is 10.4. The molecule has 0 heterocycles. The topological polar surface area (TPSA) is 35.2 Å². The third kappa shape index (κ3) is 2.61. The van der Waals surface area contributed by atoms with Gasteiger partial charge in [-0.1, -0.05) is 18.5 Å². The highest BCUT2D eigenvalue weighted by atomic mass is 35.5. The highest BCUT2D eigenvalue weighted by Gasteiger charge is 2.05. The SMILES string of the molecule is CC[C@H](N)c1cc(Cl)cc(OC)c1. The van der Waals surface area contributed by atoms with E-state index in [1.165, 1.54) is 0 Å². The molecule has 1 rings (SSSR count). The summed E-state index contributed by atoms with van der Waals surface area (Å²) < 4.78 is 5.09. The predicted octanol–water partition coefficient (Wildman–Crippen LogP) is 2.76. The Kier molecular flexibility index (Phi) is 3.58. The van der Waals surface area contributed by atoms with Gasteiger partial charge in [-0.2, -0.15) is 0 Å². The highest BCUT2D eigenvalue weighted by molar-refractivity contribution is 6.30. The van der Waals surface area contributed by atoms with Crippen molar-refractivity contribution in [2.24, 2.45) is 5.73 Å². The van der Waals surface area contributed by atoms with Gasteiger partial charge in [0, 0.05) is 11.1 Å². The van der Waals surface area contributed by atoms with Crippen LogP contribution in [0.2, 0.25) is 5.02 Å². The Bertz CT molecular complexity index is 288. The van der Waals surface area contributed by atoms with Crippen LogP contribution in [-0.2, 0) is 0 Å². The van der Waals surface area contributed by atoms with E-state index in [0.717, 1.165) is 17.7 Å². The molecule has 1 aromatic carbocycles. The summed E-state index contributed by atoms with van der Waals surface area (Å²) in [5.41, 5.74) is 6.89. The molecule has 0 saturated heterocycles. The number of benzene rings is 1. The molecule has 0 aliphatic rings. The van der Waals surface area contributed by atoms with E-state index in [0.29, 0.717) is 5.02 Å². The lowest BCUT2D eigenvalue weighted by atomic mass is 10.1. The van der Waals surface area contributed by atoms with E-state index < -0.39 is 0 Å². The van der Waals surface area contributed by atoms with Crippen LogP contribution in [0.5, 0.6) is 5.75 Å². The molecule has 0 aliphatic heterocycles. The molecule has 0 radical (unpaired) electrons. The van der Waals surface area contributed by atoms with E-state index in [1.54, 1.807) is 13.2 Å². The van der Waals surface area contributed by atoms with Crippen LogP contribution in [-0.4, -0.2) is 7.11 Å². The summed E-state index contributed by atoms with van der Waals surface area (Å²) in [7, 11) is 1.62. The summed E-state index contributed by atoms with van der Waals surface area (Å²) in [6, 6.07) is 5.60. The van der Waals surface area contributed by atoms with Crippen LogP contribution in [0.15, 0.2) is 18.2 Å². The molecule has 0 saturated carbocycles. The lowest BCUT2D eigenvalue weighted by Crippen LogP contribution is -2.08. The lowest BCUT2D eigenvalue weighted by Gasteiger charge is -2.11. The molecule has 72 valence electrons. The smallest absolute Gasteiger partial charge is 0.120 e. The van der Waals surface area contributed by atoms with Crippen molar-refractivity contribution in [1.82, 2.24) is 0 Å².